The van der Waals surface area contributed by atoms with Crippen LogP contribution in [0.3, 0.4) is 0 Å². The number of halogens is 1. The molecule has 25 heavy (non-hydrogen) atoms. The number of ether oxygens (including phenoxy) is 2. The highest BCUT2D eigenvalue weighted by Crippen LogP contribution is 2.28. The highest BCUT2D eigenvalue weighted by molar-refractivity contribution is 6.30. The highest BCUT2D eigenvalue weighted by atomic mass is 35.5. The van der Waals surface area contributed by atoms with E-state index >= 15 is 0 Å². The van der Waals surface area contributed by atoms with Crippen molar-refractivity contribution >= 4 is 17.5 Å². The molecule has 2 rings (SSSR count). The zero-order valence-electron chi connectivity index (χ0n) is 14.0. The first-order chi connectivity index (χ1) is 12.1. The van der Waals surface area contributed by atoms with Crippen LogP contribution in [0.5, 0.6) is 11.5 Å². The molecule has 0 aliphatic heterocycles. The summed E-state index contributed by atoms with van der Waals surface area (Å²) in [6, 6.07) is 13.0. The first-order valence-corrected chi connectivity index (χ1v) is 8.24. The maximum absolute atomic E-state index is 12.0. The molecule has 0 saturated carbocycles. The Bertz CT molecular complexity index is 768. The largest absolute Gasteiger partial charge is 0.493 e. The maximum atomic E-state index is 12.0. The molecule has 1 amide bonds. The third kappa shape index (κ3) is 6.06. The van der Waals surface area contributed by atoms with E-state index < -0.39 is 0 Å². The summed E-state index contributed by atoms with van der Waals surface area (Å²) >= 11 is 5.93. The SMILES string of the molecule is C#CCOc1ccc(CCC(=O)NCc2cccc(Cl)c2)cc1OC. The normalized spacial score (nSPS) is 9.96. The predicted octanol–water partition coefficient (Wildman–Crippen LogP) is 3.61. The lowest BCUT2D eigenvalue weighted by atomic mass is 10.1. The van der Waals surface area contributed by atoms with E-state index in [2.05, 4.69) is 11.2 Å². The minimum absolute atomic E-state index is 0.0217. The maximum Gasteiger partial charge on any atom is 0.220 e. The lowest BCUT2D eigenvalue weighted by Crippen LogP contribution is -2.22. The molecule has 130 valence electrons. The molecule has 0 bridgehead atoms. The van der Waals surface area contributed by atoms with Gasteiger partial charge in [0.15, 0.2) is 11.5 Å². The molecule has 5 heteroatoms. The van der Waals surface area contributed by atoms with Crippen LogP contribution in [0.1, 0.15) is 17.5 Å². The van der Waals surface area contributed by atoms with E-state index in [1.165, 1.54) is 0 Å². The number of hydrogen-bond acceptors (Lipinski definition) is 3. The van der Waals surface area contributed by atoms with Crippen LogP contribution in [-0.2, 0) is 17.8 Å². The van der Waals surface area contributed by atoms with Crippen LogP contribution in [0.25, 0.3) is 0 Å². The molecular weight excluding hydrogens is 338 g/mol. The van der Waals surface area contributed by atoms with Crippen molar-refractivity contribution in [2.45, 2.75) is 19.4 Å². The number of amides is 1. The molecule has 0 aliphatic rings. The Hall–Kier alpha value is -2.64. The van der Waals surface area contributed by atoms with Gasteiger partial charge in [0.05, 0.1) is 7.11 Å². The van der Waals surface area contributed by atoms with Gasteiger partial charge in [0.25, 0.3) is 0 Å². The van der Waals surface area contributed by atoms with E-state index in [4.69, 9.17) is 27.5 Å². The molecule has 4 nitrogen and oxygen atoms in total. The topological polar surface area (TPSA) is 47.6 Å². The molecule has 0 aliphatic carbocycles. The number of methoxy groups -OCH3 is 1. The van der Waals surface area contributed by atoms with E-state index in [1.807, 2.05) is 30.3 Å². The summed E-state index contributed by atoms with van der Waals surface area (Å²) in [5.41, 5.74) is 1.96. The van der Waals surface area contributed by atoms with E-state index in [0.717, 1.165) is 11.1 Å². The Kier molecular flexibility index (Phi) is 7.18. The first kappa shape index (κ1) is 18.7. The van der Waals surface area contributed by atoms with Gasteiger partial charge in [0.2, 0.25) is 5.91 Å². The average Bonchev–Trinajstić information content (AvgIpc) is 2.63. The Morgan fingerprint density at radius 3 is 2.76 bits per heavy atom. The van der Waals surface area contributed by atoms with E-state index in [-0.39, 0.29) is 12.5 Å². The fraction of sp³-hybridized carbons (Fsp3) is 0.250. The van der Waals surface area contributed by atoms with Gasteiger partial charge in [-0.25, -0.2) is 0 Å². The number of hydrogen-bond donors (Lipinski definition) is 1. The Morgan fingerprint density at radius 2 is 2.04 bits per heavy atom. The van der Waals surface area contributed by atoms with Gasteiger partial charge in [-0.1, -0.05) is 35.7 Å². The summed E-state index contributed by atoms with van der Waals surface area (Å²) < 4.78 is 10.7. The third-order valence-corrected chi connectivity index (χ3v) is 3.79. The van der Waals surface area contributed by atoms with Crippen molar-refractivity contribution in [1.29, 1.82) is 0 Å². The number of carbonyl (C=O) groups is 1. The summed E-state index contributed by atoms with van der Waals surface area (Å²) in [6.45, 7) is 0.642. The fourth-order valence-corrected chi connectivity index (χ4v) is 2.51. The van der Waals surface area contributed by atoms with Gasteiger partial charge in [-0.3, -0.25) is 4.79 Å². The smallest absolute Gasteiger partial charge is 0.220 e. The van der Waals surface area contributed by atoms with Crippen LogP contribution >= 0.6 is 11.6 Å². The zero-order valence-corrected chi connectivity index (χ0v) is 14.8. The van der Waals surface area contributed by atoms with Crippen molar-refractivity contribution in [2.24, 2.45) is 0 Å². The molecule has 0 fully saturated rings. The molecular formula is C20H20ClNO3. The zero-order chi connectivity index (χ0) is 18.1. The lowest BCUT2D eigenvalue weighted by molar-refractivity contribution is -0.121. The molecule has 0 saturated heterocycles. The number of benzene rings is 2. The van der Waals surface area contributed by atoms with Gasteiger partial charge in [-0.2, -0.15) is 0 Å². The number of aryl methyl sites for hydroxylation is 1. The second-order valence-electron chi connectivity index (χ2n) is 5.38. The number of nitrogens with one attached hydrogen (secondary N) is 1. The number of rotatable bonds is 8. The molecule has 2 aromatic carbocycles. The van der Waals surface area contributed by atoms with E-state index in [0.29, 0.717) is 35.9 Å². The lowest BCUT2D eigenvalue weighted by Gasteiger charge is -2.11. The second kappa shape index (κ2) is 9.61. The van der Waals surface area contributed by atoms with Crippen LogP contribution in [0.2, 0.25) is 5.02 Å². The molecule has 0 unspecified atom stereocenters. The highest BCUT2D eigenvalue weighted by Gasteiger charge is 2.08. The third-order valence-electron chi connectivity index (χ3n) is 3.56. The van der Waals surface area contributed by atoms with Gasteiger partial charge in [0, 0.05) is 18.0 Å². The van der Waals surface area contributed by atoms with Crippen LogP contribution < -0.4 is 14.8 Å². The van der Waals surface area contributed by atoms with E-state index in [9.17, 15) is 4.79 Å². The summed E-state index contributed by atoms with van der Waals surface area (Å²) in [7, 11) is 1.57. The van der Waals surface area contributed by atoms with Gasteiger partial charge in [0.1, 0.15) is 6.61 Å². The van der Waals surface area contributed by atoms with Crippen molar-refractivity contribution in [3.8, 4) is 23.8 Å². The minimum atomic E-state index is -0.0217. The Balaban J connectivity index is 1.85. The number of terminal acetylenes is 1. The molecule has 1 N–H and O–H groups in total. The summed E-state index contributed by atoms with van der Waals surface area (Å²) in [6.07, 6.45) is 6.18. The number of carbonyl (C=O) groups excluding carboxylic acids is 1. The quantitative estimate of drug-likeness (QED) is 0.734. The molecule has 0 atom stereocenters. The van der Waals surface area contributed by atoms with Gasteiger partial charge < -0.3 is 14.8 Å². The van der Waals surface area contributed by atoms with Crippen molar-refractivity contribution in [3.05, 3.63) is 58.6 Å². The van der Waals surface area contributed by atoms with Crippen molar-refractivity contribution < 1.29 is 14.3 Å². The van der Waals surface area contributed by atoms with Crippen molar-refractivity contribution in [2.75, 3.05) is 13.7 Å². The van der Waals surface area contributed by atoms with Crippen LogP contribution in [0.15, 0.2) is 42.5 Å². The second-order valence-corrected chi connectivity index (χ2v) is 5.82. The minimum Gasteiger partial charge on any atom is -0.493 e. The monoisotopic (exact) mass is 357 g/mol. The predicted molar refractivity (Wildman–Crippen MR) is 98.9 cm³/mol. The molecule has 0 radical (unpaired) electrons. The van der Waals surface area contributed by atoms with Gasteiger partial charge >= 0.3 is 0 Å². The Morgan fingerprint density at radius 1 is 1.20 bits per heavy atom. The van der Waals surface area contributed by atoms with Crippen LogP contribution in [0, 0.1) is 12.3 Å². The van der Waals surface area contributed by atoms with Crippen molar-refractivity contribution in [1.82, 2.24) is 5.32 Å². The van der Waals surface area contributed by atoms with Gasteiger partial charge in [-0.15, -0.1) is 6.42 Å². The van der Waals surface area contributed by atoms with Crippen molar-refractivity contribution in [3.63, 3.8) is 0 Å². The standard InChI is InChI=1S/C20H20ClNO3/c1-3-11-25-18-9-7-15(13-19(18)24-2)8-10-20(23)22-14-16-5-4-6-17(21)12-16/h1,4-7,9,12-13H,8,10-11,14H2,2H3,(H,22,23). The summed E-state index contributed by atoms with van der Waals surface area (Å²) in [4.78, 5) is 12.0. The Labute approximate surface area is 153 Å². The van der Waals surface area contributed by atoms with Crippen LogP contribution in [-0.4, -0.2) is 19.6 Å². The molecule has 0 heterocycles. The molecule has 2 aromatic rings. The van der Waals surface area contributed by atoms with E-state index in [1.54, 1.807) is 19.2 Å². The first-order valence-electron chi connectivity index (χ1n) is 7.86. The molecule has 0 aromatic heterocycles. The fourth-order valence-electron chi connectivity index (χ4n) is 2.30. The summed E-state index contributed by atoms with van der Waals surface area (Å²) in [5.74, 6) is 3.59. The van der Waals surface area contributed by atoms with Gasteiger partial charge in [-0.05, 0) is 41.8 Å². The average molecular weight is 358 g/mol. The summed E-state index contributed by atoms with van der Waals surface area (Å²) in [5, 5.41) is 3.55. The van der Waals surface area contributed by atoms with Crippen LogP contribution in [0.4, 0.5) is 0 Å². The molecule has 0 spiro atoms.